The summed E-state index contributed by atoms with van der Waals surface area (Å²) in [7, 11) is 0. The zero-order valence-electron chi connectivity index (χ0n) is 13.9. The van der Waals surface area contributed by atoms with E-state index < -0.39 is 5.54 Å². The van der Waals surface area contributed by atoms with E-state index in [0.29, 0.717) is 13.0 Å². The Morgan fingerprint density at radius 1 is 1.13 bits per heavy atom. The van der Waals surface area contributed by atoms with Gasteiger partial charge in [-0.15, -0.1) is 0 Å². The third-order valence-corrected chi connectivity index (χ3v) is 5.25. The molecule has 0 radical (unpaired) electrons. The Kier molecular flexibility index (Phi) is 4.69. The molecule has 1 unspecified atom stereocenters. The second-order valence-corrected chi connectivity index (χ2v) is 6.82. The second kappa shape index (κ2) is 6.73. The molecule has 0 aromatic heterocycles. The van der Waals surface area contributed by atoms with Gasteiger partial charge in [0, 0.05) is 6.54 Å². The predicted octanol–water partition coefficient (Wildman–Crippen LogP) is 3.02. The highest BCUT2D eigenvalue weighted by Gasteiger charge is 2.52. The molecule has 1 spiro atoms. The number of nitrogens with zero attached hydrogens (tertiary/aromatic N) is 1. The van der Waals surface area contributed by atoms with Crippen molar-refractivity contribution in [3.8, 4) is 0 Å². The van der Waals surface area contributed by atoms with Gasteiger partial charge in [-0.25, -0.2) is 0 Å². The van der Waals surface area contributed by atoms with E-state index in [9.17, 15) is 9.59 Å². The maximum Gasteiger partial charge on any atom is 0.246 e. The van der Waals surface area contributed by atoms with Crippen LogP contribution in [0.2, 0.25) is 0 Å². The maximum absolute atomic E-state index is 13.0. The van der Waals surface area contributed by atoms with Crippen LogP contribution in [0, 0.1) is 0 Å². The summed E-state index contributed by atoms with van der Waals surface area (Å²) in [6, 6.07) is 9.66. The molecule has 4 heteroatoms. The molecular formula is C19H26N2O2. The Balaban J connectivity index is 1.92. The molecule has 1 N–H and O–H groups in total. The first-order chi connectivity index (χ1) is 11.2. The van der Waals surface area contributed by atoms with Gasteiger partial charge in [-0.1, -0.05) is 62.9 Å². The lowest BCUT2D eigenvalue weighted by Gasteiger charge is -2.50. The van der Waals surface area contributed by atoms with Gasteiger partial charge in [0.15, 0.2) is 0 Å². The summed E-state index contributed by atoms with van der Waals surface area (Å²) >= 11 is 0. The minimum atomic E-state index is -0.630. The Morgan fingerprint density at radius 2 is 1.83 bits per heavy atom. The van der Waals surface area contributed by atoms with Gasteiger partial charge in [0.2, 0.25) is 11.8 Å². The normalized spacial score (nSPS) is 23.9. The minimum Gasteiger partial charge on any atom is -0.342 e. The summed E-state index contributed by atoms with van der Waals surface area (Å²) < 4.78 is 0. The summed E-state index contributed by atoms with van der Waals surface area (Å²) in [5.74, 6) is 0.156. The Morgan fingerprint density at radius 3 is 2.48 bits per heavy atom. The Labute approximate surface area is 138 Å². The highest BCUT2D eigenvalue weighted by Crippen LogP contribution is 2.38. The molecule has 2 amide bonds. The van der Waals surface area contributed by atoms with Crippen LogP contribution >= 0.6 is 0 Å². The van der Waals surface area contributed by atoms with Gasteiger partial charge in [-0.3, -0.25) is 9.59 Å². The molecule has 0 bridgehead atoms. The summed E-state index contributed by atoms with van der Waals surface area (Å²) in [6.45, 7) is 2.58. The third kappa shape index (κ3) is 2.99. The molecule has 1 aromatic rings. The van der Waals surface area contributed by atoms with Gasteiger partial charge < -0.3 is 10.2 Å². The van der Waals surface area contributed by atoms with E-state index in [1.807, 2.05) is 42.2 Å². The van der Waals surface area contributed by atoms with Crippen LogP contribution in [-0.4, -0.2) is 28.3 Å². The monoisotopic (exact) mass is 314 g/mol. The lowest BCUT2D eigenvalue weighted by Crippen LogP contribution is -2.70. The number of hydrogen-bond acceptors (Lipinski definition) is 2. The maximum atomic E-state index is 13.0. The predicted molar refractivity (Wildman–Crippen MR) is 89.6 cm³/mol. The molecule has 1 aliphatic heterocycles. The van der Waals surface area contributed by atoms with Crippen LogP contribution in [0.5, 0.6) is 0 Å². The van der Waals surface area contributed by atoms with Crippen molar-refractivity contribution < 1.29 is 9.59 Å². The summed E-state index contributed by atoms with van der Waals surface area (Å²) in [5.41, 5.74) is 0.464. The van der Waals surface area contributed by atoms with E-state index in [0.717, 1.165) is 44.1 Å². The smallest absolute Gasteiger partial charge is 0.246 e. The molecule has 2 fully saturated rings. The Hall–Kier alpha value is -1.84. The van der Waals surface area contributed by atoms with E-state index in [4.69, 9.17) is 0 Å². The second-order valence-electron chi connectivity index (χ2n) is 6.82. The van der Waals surface area contributed by atoms with Crippen molar-refractivity contribution in [1.29, 1.82) is 0 Å². The fourth-order valence-corrected chi connectivity index (χ4v) is 3.99. The van der Waals surface area contributed by atoms with Gasteiger partial charge in [0.05, 0.1) is 0 Å². The van der Waals surface area contributed by atoms with Crippen LogP contribution in [0.25, 0.3) is 0 Å². The number of hydrogen-bond donors (Lipinski definition) is 1. The standard InChI is InChI=1S/C19H26N2O2/c1-2-9-16-17(22)21(14-15-10-5-3-6-11-15)19(18(23)20-16)12-7-4-8-13-19/h3,5-6,10-11,16H,2,4,7-9,12-14H2,1H3,(H,20,23). The number of nitrogens with one attached hydrogen (secondary N) is 1. The van der Waals surface area contributed by atoms with Crippen molar-refractivity contribution in [2.45, 2.75) is 70.0 Å². The van der Waals surface area contributed by atoms with E-state index in [-0.39, 0.29) is 17.9 Å². The highest BCUT2D eigenvalue weighted by molar-refractivity contribution is 5.99. The molecular weight excluding hydrogens is 288 g/mol. The van der Waals surface area contributed by atoms with Crippen molar-refractivity contribution in [2.24, 2.45) is 0 Å². The van der Waals surface area contributed by atoms with Crippen LogP contribution in [0.15, 0.2) is 30.3 Å². The highest BCUT2D eigenvalue weighted by atomic mass is 16.2. The summed E-state index contributed by atoms with van der Waals surface area (Å²) in [4.78, 5) is 27.8. The summed E-state index contributed by atoms with van der Waals surface area (Å²) in [6.07, 6.45) is 6.37. The van der Waals surface area contributed by atoms with Crippen LogP contribution in [0.1, 0.15) is 57.4 Å². The first-order valence-corrected chi connectivity index (χ1v) is 8.84. The van der Waals surface area contributed by atoms with Crippen LogP contribution in [-0.2, 0) is 16.1 Å². The van der Waals surface area contributed by atoms with Crippen LogP contribution < -0.4 is 5.32 Å². The van der Waals surface area contributed by atoms with Gasteiger partial charge in [0.25, 0.3) is 0 Å². The molecule has 3 rings (SSSR count). The van der Waals surface area contributed by atoms with E-state index >= 15 is 0 Å². The van der Waals surface area contributed by atoms with Crippen LogP contribution in [0.3, 0.4) is 0 Å². The zero-order chi connectivity index (χ0) is 16.3. The molecule has 23 heavy (non-hydrogen) atoms. The van der Waals surface area contributed by atoms with E-state index in [2.05, 4.69) is 5.32 Å². The molecule has 1 heterocycles. The van der Waals surface area contributed by atoms with Crippen molar-refractivity contribution >= 4 is 11.8 Å². The molecule has 124 valence electrons. The van der Waals surface area contributed by atoms with Crippen molar-refractivity contribution in [3.63, 3.8) is 0 Å². The number of amides is 2. The van der Waals surface area contributed by atoms with Crippen molar-refractivity contribution in [2.75, 3.05) is 0 Å². The lowest BCUT2D eigenvalue weighted by atomic mass is 9.77. The first kappa shape index (κ1) is 16.0. The molecule has 2 aliphatic rings. The van der Waals surface area contributed by atoms with Gasteiger partial charge >= 0.3 is 0 Å². The summed E-state index contributed by atoms with van der Waals surface area (Å²) in [5, 5.41) is 3.01. The largest absolute Gasteiger partial charge is 0.342 e. The lowest BCUT2D eigenvalue weighted by molar-refractivity contribution is -0.161. The number of carbonyl (C=O) groups is 2. The van der Waals surface area contributed by atoms with Gasteiger partial charge in [0.1, 0.15) is 11.6 Å². The van der Waals surface area contributed by atoms with E-state index in [1.165, 1.54) is 0 Å². The molecule has 4 nitrogen and oxygen atoms in total. The van der Waals surface area contributed by atoms with E-state index in [1.54, 1.807) is 0 Å². The SMILES string of the molecule is CCCC1NC(=O)C2(CCCCC2)N(Cc2ccccc2)C1=O. The molecule has 1 saturated heterocycles. The molecule has 1 aliphatic carbocycles. The average Bonchev–Trinajstić information content (AvgIpc) is 2.59. The fourth-order valence-electron chi connectivity index (χ4n) is 3.99. The third-order valence-electron chi connectivity index (χ3n) is 5.25. The number of rotatable bonds is 4. The molecule has 1 aromatic carbocycles. The van der Waals surface area contributed by atoms with Crippen molar-refractivity contribution in [1.82, 2.24) is 10.2 Å². The van der Waals surface area contributed by atoms with Gasteiger partial charge in [-0.05, 0) is 24.8 Å². The first-order valence-electron chi connectivity index (χ1n) is 8.84. The number of piperazine rings is 1. The minimum absolute atomic E-state index is 0.0613. The van der Waals surface area contributed by atoms with Crippen molar-refractivity contribution in [3.05, 3.63) is 35.9 Å². The number of carbonyl (C=O) groups excluding carboxylic acids is 2. The topological polar surface area (TPSA) is 49.4 Å². The molecule has 1 saturated carbocycles. The Bertz CT molecular complexity index is 564. The average molecular weight is 314 g/mol. The quantitative estimate of drug-likeness (QED) is 0.928. The fraction of sp³-hybridized carbons (Fsp3) is 0.579. The number of benzene rings is 1. The molecule has 1 atom stereocenters. The van der Waals surface area contributed by atoms with Gasteiger partial charge in [-0.2, -0.15) is 0 Å². The van der Waals surface area contributed by atoms with Crippen LogP contribution in [0.4, 0.5) is 0 Å². The zero-order valence-corrected chi connectivity index (χ0v) is 13.9.